The van der Waals surface area contributed by atoms with Crippen molar-refractivity contribution in [2.75, 3.05) is 6.54 Å². The average molecular weight is 405 g/mol. The number of benzene rings is 1. The summed E-state index contributed by atoms with van der Waals surface area (Å²) in [5, 5.41) is 5.25. The number of hydrogen-bond acceptors (Lipinski definition) is 5. The topological polar surface area (TPSA) is 128 Å². The molecule has 160 valence electrons. The van der Waals surface area contributed by atoms with Gasteiger partial charge in [0.25, 0.3) is 0 Å². The lowest BCUT2D eigenvalue weighted by molar-refractivity contribution is -0.128. The van der Waals surface area contributed by atoms with Crippen LogP contribution in [0, 0.1) is 0 Å². The van der Waals surface area contributed by atoms with E-state index in [2.05, 4.69) is 10.6 Å². The van der Waals surface area contributed by atoms with E-state index in [4.69, 9.17) is 10.5 Å². The first-order valence-electron chi connectivity index (χ1n) is 9.97. The zero-order chi connectivity index (χ0) is 21.5. The maximum Gasteiger partial charge on any atom is 0.407 e. The summed E-state index contributed by atoms with van der Waals surface area (Å²) in [5.74, 6) is -0.881. The highest BCUT2D eigenvalue weighted by molar-refractivity contribution is 5.87. The maximum absolute atomic E-state index is 11.9. The molecule has 0 bridgehead atoms. The molecule has 1 aromatic carbocycles. The van der Waals surface area contributed by atoms with Crippen LogP contribution in [0.3, 0.4) is 0 Å². The fraction of sp³-hybridized carbons (Fsp3) is 0.524. The molecule has 0 heterocycles. The summed E-state index contributed by atoms with van der Waals surface area (Å²) in [6.45, 7) is 2.42. The van der Waals surface area contributed by atoms with Crippen LogP contribution in [0.4, 0.5) is 4.79 Å². The highest BCUT2D eigenvalue weighted by Gasteiger charge is 2.18. The molecule has 0 radical (unpaired) electrons. The third-order valence-electron chi connectivity index (χ3n) is 4.35. The van der Waals surface area contributed by atoms with Gasteiger partial charge in [0.05, 0.1) is 0 Å². The van der Waals surface area contributed by atoms with Crippen LogP contribution >= 0.6 is 0 Å². The summed E-state index contributed by atoms with van der Waals surface area (Å²) in [6.07, 6.45) is 2.68. The van der Waals surface area contributed by atoms with E-state index in [9.17, 15) is 19.2 Å². The van der Waals surface area contributed by atoms with E-state index in [0.29, 0.717) is 25.8 Å². The minimum Gasteiger partial charge on any atom is -0.445 e. The third-order valence-corrected chi connectivity index (χ3v) is 4.35. The number of alkyl carbamates (subject to hydrolysis) is 1. The molecule has 0 fully saturated rings. The number of primary amides is 1. The molecule has 0 aliphatic carbocycles. The fourth-order valence-corrected chi connectivity index (χ4v) is 2.59. The molecule has 8 nitrogen and oxygen atoms in total. The largest absolute Gasteiger partial charge is 0.445 e. The maximum atomic E-state index is 11.9. The normalized spacial score (nSPS) is 11.3. The first kappa shape index (κ1) is 24.1. The zero-order valence-electron chi connectivity index (χ0n) is 16.9. The quantitative estimate of drug-likeness (QED) is 0.409. The van der Waals surface area contributed by atoms with Gasteiger partial charge in [-0.05, 0) is 24.8 Å². The number of ether oxygens (including phenoxy) is 1. The Morgan fingerprint density at radius 2 is 1.76 bits per heavy atom. The number of unbranched alkanes of at least 4 members (excludes halogenated alkanes) is 2. The molecular formula is C21H31N3O5. The Labute approximate surface area is 171 Å². The van der Waals surface area contributed by atoms with Crippen LogP contribution in [0.25, 0.3) is 0 Å². The van der Waals surface area contributed by atoms with Gasteiger partial charge in [0.2, 0.25) is 11.8 Å². The smallest absolute Gasteiger partial charge is 0.407 e. The van der Waals surface area contributed by atoms with Crippen molar-refractivity contribution >= 4 is 23.7 Å². The molecule has 0 aromatic heterocycles. The molecule has 0 aliphatic heterocycles. The van der Waals surface area contributed by atoms with E-state index in [0.717, 1.165) is 12.0 Å². The summed E-state index contributed by atoms with van der Waals surface area (Å²) in [4.78, 5) is 46.3. The molecule has 4 N–H and O–H groups in total. The lowest BCUT2D eigenvalue weighted by Crippen LogP contribution is -2.44. The lowest BCUT2D eigenvalue weighted by Gasteiger charge is -2.15. The fourth-order valence-electron chi connectivity index (χ4n) is 2.59. The molecule has 1 aromatic rings. The number of rotatable bonds is 14. The van der Waals surface area contributed by atoms with Gasteiger partial charge in [-0.15, -0.1) is 0 Å². The van der Waals surface area contributed by atoms with Crippen molar-refractivity contribution in [2.45, 2.75) is 64.5 Å². The minimum absolute atomic E-state index is 0.0281. The molecule has 0 aliphatic rings. The van der Waals surface area contributed by atoms with Crippen LogP contribution in [0.1, 0.15) is 57.4 Å². The predicted octanol–water partition coefficient (Wildman–Crippen LogP) is 2.20. The van der Waals surface area contributed by atoms with Gasteiger partial charge < -0.3 is 21.1 Å². The number of nitrogens with one attached hydrogen (secondary N) is 2. The summed E-state index contributed by atoms with van der Waals surface area (Å²) >= 11 is 0. The standard InChI is InChI=1S/C21H31N3O5/c1-2-17(25)12-13-18(20(22)27)24-19(26)11-7-4-8-14-23-21(28)29-15-16-9-5-3-6-10-16/h3,5-6,9-10,18H,2,4,7-8,11-15H2,1H3,(H2,22,27)(H,23,28)(H,24,26)/t18-/m0/s1. The first-order chi connectivity index (χ1) is 13.9. The number of hydrogen-bond donors (Lipinski definition) is 3. The van der Waals surface area contributed by atoms with Gasteiger partial charge >= 0.3 is 6.09 Å². The van der Waals surface area contributed by atoms with Gasteiger partial charge in [-0.25, -0.2) is 4.79 Å². The van der Waals surface area contributed by atoms with Crippen LogP contribution < -0.4 is 16.4 Å². The van der Waals surface area contributed by atoms with E-state index < -0.39 is 18.0 Å². The van der Waals surface area contributed by atoms with Crippen molar-refractivity contribution in [3.8, 4) is 0 Å². The Bertz CT molecular complexity index is 664. The van der Waals surface area contributed by atoms with E-state index in [1.807, 2.05) is 30.3 Å². The monoisotopic (exact) mass is 405 g/mol. The number of Topliss-reactive ketones (excluding diaryl/α,β-unsaturated/α-hetero) is 1. The van der Waals surface area contributed by atoms with E-state index in [-0.39, 0.29) is 37.6 Å². The summed E-state index contributed by atoms with van der Waals surface area (Å²) in [5.41, 5.74) is 6.20. The Balaban J connectivity index is 2.10. The molecule has 3 amide bonds. The van der Waals surface area contributed by atoms with Crippen LogP contribution in [-0.2, 0) is 25.7 Å². The van der Waals surface area contributed by atoms with Gasteiger partial charge in [0.1, 0.15) is 18.4 Å². The molecule has 0 saturated carbocycles. The molecule has 0 unspecified atom stereocenters. The van der Waals surface area contributed by atoms with E-state index in [1.54, 1.807) is 6.92 Å². The number of carbonyl (C=O) groups excluding carboxylic acids is 4. The number of amides is 3. The predicted molar refractivity (Wildman–Crippen MR) is 109 cm³/mol. The van der Waals surface area contributed by atoms with Gasteiger partial charge in [0, 0.05) is 25.8 Å². The van der Waals surface area contributed by atoms with Gasteiger partial charge in [0.15, 0.2) is 0 Å². The first-order valence-corrected chi connectivity index (χ1v) is 9.97. The summed E-state index contributed by atoms with van der Waals surface area (Å²) in [6, 6.07) is 8.59. The number of carbonyl (C=O) groups is 4. The van der Waals surface area contributed by atoms with E-state index in [1.165, 1.54) is 0 Å². The second-order valence-corrected chi connectivity index (χ2v) is 6.75. The Hall–Kier alpha value is -2.90. The van der Waals surface area contributed by atoms with Crippen molar-refractivity contribution in [1.82, 2.24) is 10.6 Å². The minimum atomic E-state index is -0.820. The lowest BCUT2D eigenvalue weighted by atomic mass is 10.1. The van der Waals surface area contributed by atoms with Crippen molar-refractivity contribution in [2.24, 2.45) is 5.73 Å². The van der Waals surface area contributed by atoms with Gasteiger partial charge in [-0.1, -0.05) is 43.7 Å². The van der Waals surface area contributed by atoms with Crippen LogP contribution in [-0.4, -0.2) is 36.3 Å². The molecule has 1 atom stereocenters. The second-order valence-electron chi connectivity index (χ2n) is 6.75. The van der Waals surface area contributed by atoms with Crippen molar-refractivity contribution in [1.29, 1.82) is 0 Å². The van der Waals surface area contributed by atoms with Crippen molar-refractivity contribution < 1.29 is 23.9 Å². The number of ketones is 1. The van der Waals surface area contributed by atoms with Gasteiger partial charge in [-0.2, -0.15) is 0 Å². The van der Waals surface area contributed by atoms with Crippen LogP contribution in [0.2, 0.25) is 0 Å². The van der Waals surface area contributed by atoms with Crippen LogP contribution in [0.15, 0.2) is 30.3 Å². The second kappa shape index (κ2) is 14.1. The Morgan fingerprint density at radius 3 is 2.41 bits per heavy atom. The summed E-state index contributed by atoms with van der Waals surface area (Å²) in [7, 11) is 0. The number of nitrogens with two attached hydrogens (primary N) is 1. The SMILES string of the molecule is CCC(=O)CC[C@H](NC(=O)CCCCCNC(=O)OCc1ccccc1)C(N)=O. The van der Waals surface area contributed by atoms with E-state index >= 15 is 0 Å². The molecule has 0 saturated heterocycles. The molecule has 29 heavy (non-hydrogen) atoms. The molecule has 0 spiro atoms. The summed E-state index contributed by atoms with van der Waals surface area (Å²) < 4.78 is 5.10. The van der Waals surface area contributed by atoms with Crippen molar-refractivity contribution in [3.05, 3.63) is 35.9 Å². The highest BCUT2D eigenvalue weighted by Crippen LogP contribution is 2.04. The molecular weight excluding hydrogens is 374 g/mol. The zero-order valence-corrected chi connectivity index (χ0v) is 16.9. The Morgan fingerprint density at radius 1 is 1.03 bits per heavy atom. The van der Waals surface area contributed by atoms with Gasteiger partial charge in [-0.3, -0.25) is 14.4 Å². The third kappa shape index (κ3) is 11.5. The molecule has 1 rings (SSSR count). The van der Waals surface area contributed by atoms with Crippen molar-refractivity contribution in [3.63, 3.8) is 0 Å². The molecule has 8 heteroatoms. The highest BCUT2D eigenvalue weighted by atomic mass is 16.5. The average Bonchev–Trinajstić information content (AvgIpc) is 2.72. The Kier molecular flexibility index (Phi) is 11.8. The van der Waals surface area contributed by atoms with Crippen LogP contribution in [0.5, 0.6) is 0 Å².